The molecule has 1 aromatic carbocycles. The summed E-state index contributed by atoms with van der Waals surface area (Å²) in [5.41, 5.74) is -0.595. The first-order valence-electron chi connectivity index (χ1n) is 9.06. The molecule has 4 aliphatic carbocycles. The maximum absolute atomic E-state index is 14.4. The van der Waals surface area contributed by atoms with Crippen LogP contribution in [-0.4, -0.2) is 23.5 Å². The van der Waals surface area contributed by atoms with E-state index in [1.807, 2.05) is 0 Å². The van der Waals surface area contributed by atoms with E-state index in [4.69, 9.17) is 9.84 Å². The topological polar surface area (TPSA) is 63.6 Å². The summed E-state index contributed by atoms with van der Waals surface area (Å²) < 4.78 is 20.4. The third-order valence-corrected chi connectivity index (χ3v) is 6.39. The lowest BCUT2D eigenvalue weighted by atomic mass is 9.50. The maximum Gasteiger partial charge on any atom is 0.338 e. The molecular formula is C20H23FO4. The molecule has 4 nitrogen and oxygen atoms in total. The first-order valence-corrected chi connectivity index (χ1v) is 9.06. The van der Waals surface area contributed by atoms with Crippen LogP contribution in [0.5, 0.6) is 5.75 Å². The normalized spacial score (nSPS) is 32.6. The standard InChI is InChI=1S/C20H23FO4/c1-11(22)17-16(3-2-15(18(17)21)19(23)24)25-10-20-7-12-4-13(8-20)6-14(5-12)9-20/h2-3,12-14H,4-10H2,1H3,(H,23,24). The van der Waals surface area contributed by atoms with Gasteiger partial charge in [0.25, 0.3) is 0 Å². The quantitative estimate of drug-likeness (QED) is 0.807. The van der Waals surface area contributed by atoms with Crippen molar-refractivity contribution in [3.05, 3.63) is 29.1 Å². The minimum absolute atomic E-state index is 0.144. The highest BCUT2D eigenvalue weighted by molar-refractivity contribution is 6.00. The molecular weight excluding hydrogens is 323 g/mol. The Kier molecular flexibility index (Phi) is 3.85. The van der Waals surface area contributed by atoms with Gasteiger partial charge in [0.05, 0.1) is 17.7 Å². The molecule has 4 bridgehead atoms. The number of carboxylic acids is 1. The third kappa shape index (κ3) is 2.83. The first kappa shape index (κ1) is 16.6. The number of halogens is 1. The Morgan fingerprint density at radius 2 is 1.72 bits per heavy atom. The van der Waals surface area contributed by atoms with Gasteiger partial charge in [-0.05, 0) is 75.3 Å². The van der Waals surface area contributed by atoms with E-state index in [1.165, 1.54) is 38.3 Å². The van der Waals surface area contributed by atoms with E-state index in [-0.39, 0.29) is 16.7 Å². The molecule has 25 heavy (non-hydrogen) atoms. The van der Waals surface area contributed by atoms with Crippen LogP contribution < -0.4 is 4.74 Å². The molecule has 0 atom stereocenters. The number of carbonyl (C=O) groups excluding carboxylic acids is 1. The zero-order valence-corrected chi connectivity index (χ0v) is 14.4. The van der Waals surface area contributed by atoms with Crippen molar-refractivity contribution in [2.75, 3.05) is 6.61 Å². The number of Topliss-reactive ketones (excluding diaryl/α,β-unsaturated/α-hetero) is 1. The second kappa shape index (κ2) is 5.82. The molecule has 134 valence electrons. The lowest BCUT2D eigenvalue weighted by molar-refractivity contribution is -0.0746. The monoisotopic (exact) mass is 346 g/mol. The SMILES string of the molecule is CC(=O)c1c(OCC23CC4CC(CC(C4)C2)C3)ccc(C(=O)O)c1F. The smallest absolute Gasteiger partial charge is 0.338 e. The zero-order chi connectivity index (χ0) is 17.8. The highest BCUT2D eigenvalue weighted by Crippen LogP contribution is 2.60. The Bertz CT molecular complexity index is 704. The van der Waals surface area contributed by atoms with Crippen molar-refractivity contribution in [1.29, 1.82) is 0 Å². The zero-order valence-electron chi connectivity index (χ0n) is 14.4. The van der Waals surface area contributed by atoms with Gasteiger partial charge in [0.2, 0.25) is 0 Å². The van der Waals surface area contributed by atoms with Crippen LogP contribution in [0.25, 0.3) is 0 Å². The van der Waals surface area contributed by atoms with Crippen LogP contribution in [0.15, 0.2) is 12.1 Å². The number of aromatic carboxylic acids is 1. The molecule has 0 aromatic heterocycles. The number of ether oxygens (including phenoxy) is 1. The van der Waals surface area contributed by atoms with E-state index < -0.39 is 23.1 Å². The summed E-state index contributed by atoms with van der Waals surface area (Å²) in [6.45, 7) is 1.73. The summed E-state index contributed by atoms with van der Waals surface area (Å²) in [6.07, 6.45) is 7.47. The fourth-order valence-electron chi connectivity index (χ4n) is 5.87. The Balaban J connectivity index is 1.58. The molecule has 0 radical (unpaired) electrons. The summed E-state index contributed by atoms with van der Waals surface area (Å²) in [7, 11) is 0. The van der Waals surface area contributed by atoms with Crippen molar-refractivity contribution >= 4 is 11.8 Å². The summed E-state index contributed by atoms with van der Waals surface area (Å²) in [5.74, 6) is -0.364. The van der Waals surface area contributed by atoms with Gasteiger partial charge in [0.1, 0.15) is 5.75 Å². The Morgan fingerprint density at radius 1 is 1.16 bits per heavy atom. The summed E-state index contributed by atoms with van der Waals surface area (Å²) >= 11 is 0. The molecule has 0 unspecified atom stereocenters. The van der Waals surface area contributed by atoms with Crippen molar-refractivity contribution in [2.45, 2.75) is 45.4 Å². The lowest BCUT2D eigenvalue weighted by Crippen LogP contribution is -2.48. The number of ketones is 1. The van der Waals surface area contributed by atoms with E-state index in [0.29, 0.717) is 6.61 Å². The second-order valence-corrected chi connectivity index (χ2v) is 8.37. The van der Waals surface area contributed by atoms with E-state index >= 15 is 0 Å². The lowest BCUT2D eigenvalue weighted by Gasteiger charge is -2.56. The van der Waals surface area contributed by atoms with Crippen LogP contribution in [-0.2, 0) is 0 Å². The Labute approximate surface area is 146 Å². The molecule has 1 aromatic rings. The number of rotatable bonds is 5. The number of hydrogen-bond donors (Lipinski definition) is 1. The van der Waals surface area contributed by atoms with Crippen LogP contribution >= 0.6 is 0 Å². The fraction of sp³-hybridized carbons (Fsp3) is 0.600. The largest absolute Gasteiger partial charge is 0.492 e. The van der Waals surface area contributed by atoms with Gasteiger partial charge < -0.3 is 9.84 Å². The van der Waals surface area contributed by atoms with Gasteiger partial charge in [-0.2, -0.15) is 0 Å². The minimum atomic E-state index is -1.38. The average molecular weight is 346 g/mol. The first-order chi connectivity index (χ1) is 11.9. The number of carbonyl (C=O) groups is 2. The molecule has 4 fully saturated rings. The predicted molar refractivity (Wildman–Crippen MR) is 89.5 cm³/mol. The number of carboxylic acid groups (broad SMARTS) is 1. The molecule has 5 rings (SSSR count). The third-order valence-electron chi connectivity index (χ3n) is 6.39. The van der Waals surface area contributed by atoms with Crippen molar-refractivity contribution < 1.29 is 23.8 Å². The van der Waals surface area contributed by atoms with Crippen LogP contribution in [0.2, 0.25) is 0 Å². The molecule has 0 spiro atoms. The molecule has 1 N–H and O–H groups in total. The van der Waals surface area contributed by atoms with Crippen LogP contribution in [0.3, 0.4) is 0 Å². The van der Waals surface area contributed by atoms with Gasteiger partial charge in [-0.3, -0.25) is 4.79 Å². The van der Waals surface area contributed by atoms with Crippen molar-refractivity contribution in [3.8, 4) is 5.75 Å². The van der Waals surface area contributed by atoms with Crippen LogP contribution in [0.1, 0.15) is 66.2 Å². The van der Waals surface area contributed by atoms with E-state index in [9.17, 15) is 14.0 Å². The van der Waals surface area contributed by atoms with E-state index in [0.717, 1.165) is 37.0 Å². The van der Waals surface area contributed by atoms with Gasteiger partial charge in [-0.1, -0.05) is 0 Å². The van der Waals surface area contributed by atoms with E-state index in [1.54, 1.807) is 0 Å². The summed E-state index contributed by atoms with van der Waals surface area (Å²) in [4.78, 5) is 23.0. The second-order valence-electron chi connectivity index (χ2n) is 8.37. The highest BCUT2D eigenvalue weighted by Gasteiger charge is 2.51. The highest BCUT2D eigenvalue weighted by atomic mass is 19.1. The van der Waals surface area contributed by atoms with Crippen molar-refractivity contribution in [2.24, 2.45) is 23.2 Å². The van der Waals surface area contributed by atoms with Crippen molar-refractivity contribution in [1.82, 2.24) is 0 Å². The number of benzene rings is 1. The molecule has 0 saturated heterocycles. The van der Waals surface area contributed by atoms with Gasteiger partial charge in [0.15, 0.2) is 11.6 Å². The van der Waals surface area contributed by atoms with Crippen LogP contribution in [0.4, 0.5) is 4.39 Å². The Morgan fingerprint density at radius 3 is 2.20 bits per heavy atom. The Hall–Kier alpha value is -1.91. The van der Waals surface area contributed by atoms with Gasteiger partial charge >= 0.3 is 5.97 Å². The summed E-state index contributed by atoms with van der Waals surface area (Å²) in [6, 6.07) is 2.60. The van der Waals surface area contributed by atoms with E-state index in [2.05, 4.69) is 0 Å². The molecule has 4 saturated carbocycles. The fourth-order valence-corrected chi connectivity index (χ4v) is 5.87. The van der Waals surface area contributed by atoms with Gasteiger partial charge in [0, 0.05) is 5.41 Å². The molecule has 0 heterocycles. The van der Waals surface area contributed by atoms with Gasteiger partial charge in [-0.15, -0.1) is 0 Å². The number of hydrogen-bond acceptors (Lipinski definition) is 3. The maximum atomic E-state index is 14.4. The summed E-state index contributed by atoms with van der Waals surface area (Å²) in [5, 5.41) is 9.05. The van der Waals surface area contributed by atoms with Gasteiger partial charge in [-0.25, -0.2) is 9.18 Å². The molecule has 0 aliphatic heterocycles. The molecule has 4 aliphatic rings. The molecule has 0 amide bonds. The van der Waals surface area contributed by atoms with Crippen molar-refractivity contribution in [3.63, 3.8) is 0 Å². The average Bonchev–Trinajstić information content (AvgIpc) is 2.51. The van der Waals surface area contributed by atoms with Crippen LogP contribution in [0, 0.1) is 29.0 Å². The minimum Gasteiger partial charge on any atom is -0.492 e. The molecule has 5 heteroatoms. The predicted octanol–water partition coefficient (Wildman–Crippen LogP) is 4.32.